The van der Waals surface area contributed by atoms with Crippen LogP contribution in [0.2, 0.25) is 0 Å². The summed E-state index contributed by atoms with van der Waals surface area (Å²) >= 11 is 0. The molecule has 2 aromatic carbocycles. The Balaban J connectivity index is 0.000000288. The van der Waals surface area contributed by atoms with Crippen LogP contribution < -0.4 is 31.4 Å². The molecule has 0 bridgehead atoms. The lowest BCUT2D eigenvalue weighted by Crippen LogP contribution is -2.60. The molecule has 0 radical (unpaired) electrons. The molecule has 6 atom stereocenters. The topological polar surface area (TPSA) is 313 Å². The molecule has 4 unspecified atom stereocenters. The van der Waals surface area contributed by atoms with Gasteiger partial charge < -0.3 is 53.3 Å². The Labute approximate surface area is 491 Å². The van der Waals surface area contributed by atoms with Crippen LogP contribution in [-0.2, 0) is 55.6 Å². The van der Waals surface area contributed by atoms with Gasteiger partial charge in [0.25, 0.3) is 5.91 Å². The Morgan fingerprint density at radius 2 is 1.44 bits per heavy atom. The fourth-order valence-electron chi connectivity index (χ4n) is 9.71. The average Bonchev–Trinajstić information content (AvgIpc) is 2.85. The fourth-order valence-corrected chi connectivity index (χ4v) is 11.0. The van der Waals surface area contributed by atoms with E-state index in [2.05, 4.69) is 31.2 Å². The van der Waals surface area contributed by atoms with Gasteiger partial charge >= 0.3 is 30.9 Å². The summed E-state index contributed by atoms with van der Waals surface area (Å²) in [4.78, 5) is 112. The number of aliphatic hydroxyl groups excluding tert-OH is 1. The van der Waals surface area contributed by atoms with Crippen LogP contribution in [0.15, 0.2) is 71.7 Å². The molecule has 23 nitrogen and oxygen atoms in total. The maximum atomic E-state index is 13.6. The Morgan fingerprint density at radius 1 is 0.833 bits per heavy atom. The monoisotopic (exact) mass is 1210 g/mol. The van der Waals surface area contributed by atoms with Gasteiger partial charge in [0.15, 0.2) is 15.0 Å². The third-order valence-electron chi connectivity index (χ3n) is 13.5. The smallest absolute Gasteiger partial charge is 0.429 e. The molecule has 0 spiro atoms. The zero-order valence-electron chi connectivity index (χ0n) is 48.9. The van der Waals surface area contributed by atoms with E-state index in [0.29, 0.717) is 104 Å². The Morgan fingerprint density at radius 3 is 2.01 bits per heavy atom. The van der Waals surface area contributed by atoms with Crippen molar-refractivity contribution in [1.82, 2.24) is 20.4 Å². The first-order valence-electron chi connectivity index (χ1n) is 28.6. The van der Waals surface area contributed by atoms with Crippen LogP contribution in [0, 0.1) is 5.41 Å². The number of amides is 4. The maximum Gasteiger partial charge on any atom is 0.429 e. The van der Waals surface area contributed by atoms with Gasteiger partial charge in [0.1, 0.15) is 58.0 Å². The van der Waals surface area contributed by atoms with Crippen molar-refractivity contribution in [1.29, 1.82) is 5.41 Å². The van der Waals surface area contributed by atoms with Crippen LogP contribution in [0.5, 0.6) is 11.5 Å². The van der Waals surface area contributed by atoms with E-state index in [1.54, 1.807) is 62.1 Å². The van der Waals surface area contributed by atoms with E-state index in [4.69, 9.17) is 42.8 Å². The summed E-state index contributed by atoms with van der Waals surface area (Å²) in [5, 5.41) is 22.8. The van der Waals surface area contributed by atoms with E-state index in [1.807, 2.05) is 0 Å². The van der Waals surface area contributed by atoms with Gasteiger partial charge in [-0.15, -0.1) is 0 Å². The number of rotatable bonds is 27. The number of esters is 1. The highest BCUT2D eigenvalue weighted by Gasteiger charge is 2.43. The summed E-state index contributed by atoms with van der Waals surface area (Å²) < 4.78 is 42.0. The molecule has 84 heavy (non-hydrogen) atoms. The third-order valence-corrected chi connectivity index (χ3v) is 15.1. The maximum absolute atomic E-state index is 13.6. The first-order valence-corrected chi connectivity index (χ1v) is 31.4. The highest BCUT2D eigenvalue weighted by molar-refractivity contribution is 8.05. The molecule has 25 heteroatoms. The Hall–Kier alpha value is -7.09. The number of fused-ring (bicyclic) bond motifs is 3. The second kappa shape index (κ2) is 34.0. The molecule has 3 fully saturated rings. The predicted molar refractivity (Wildman–Crippen MR) is 318 cm³/mol. The first kappa shape index (κ1) is 67.7. The molecule has 3 saturated heterocycles. The normalized spacial score (nSPS) is 17.0. The van der Waals surface area contributed by atoms with Gasteiger partial charge in [0, 0.05) is 87.0 Å². The molecule has 5 heterocycles. The minimum atomic E-state index is -1.50. The number of nitrogens with zero attached hydrogens (tertiary/aromatic N) is 3. The van der Waals surface area contributed by atoms with Crippen molar-refractivity contribution in [3.05, 3.63) is 80.5 Å². The Bertz CT molecular complexity index is 3090. The number of aliphatic hydroxyl groups is 1. The average molecular weight is 1210 g/mol. The van der Waals surface area contributed by atoms with E-state index in [0.717, 1.165) is 56.9 Å². The van der Waals surface area contributed by atoms with E-state index < -0.39 is 48.6 Å². The number of ketones is 2. The zero-order chi connectivity index (χ0) is 61.3. The number of piperazine rings is 1. The number of hydrogen-bond donors (Lipinski definition) is 4. The molecule has 4 aromatic rings. The van der Waals surface area contributed by atoms with Crippen molar-refractivity contribution in [2.75, 3.05) is 46.1 Å². The molecule has 7 rings (SSSR count). The molecule has 0 saturated carbocycles. The molecule has 4 N–H and O–H groups in total. The van der Waals surface area contributed by atoms with Gasteiger partial charge in [-0.3, -0.25) is 33.9 Å². The van der Waals surface area contributed by atoms with Gasteiger partial charge in [-0.05, 0) is 121 Å². The molecule has 4 amide bonds. The number of alkyl carbamates (subject to hydrolysis) is 1. The van der Waals surface area contributed by atoms with Gasteiger partial charge in [-0.25, -0.2) is 19.2 Å². The molecular formula is C59H81N6O17P2+. The van der Waals surface area contributed by atoms with Crippen LogP contribution >= 0.6 is 16.6 Å². The molecular weight excluding hydrogens is 1130 g/mol. The number of Topliss-reactive ketones (excluding diaryl/α,β-unsaturated/α-hetero) is 2. The van der Waals surface area contributed by atoms with Crippen molar-refractivity contribution < 1.29 is 71.0 Å². The van der Waals surface area contributed by atoms with Crippen LogP contribution in [0.1, 0.15) is 136 Å². The number of carbonyl (C=O) groups excluding carboxylic acids is 7. The predicted octanol–water partition coefficient (Wildman–Crippen LogP) is 8.03. The van der Waals surface area contributed by atoms with Crippen LogP contribution in [0.25, 0.3) is 21.9 Å². The molecule has 3 aliphatic rings. The number of nitrogens with one attached hydrogen (secondary N) is 3. The van der Waals surface area contributed by atoms with Crippen LogP contribution in [-0.4, -0.2) is 138 Å². The van der Waals surface area contributed by atoms with Crippen molar-refractivity contribution in [3.63, 3.8) is 0 Å². The van der Waals surface area contributed by atoms with Gasteiger partial charge in [0.05, 0.1) is 19.8 Å². The fraction of sp³-hybridized carbons (Fsp3) is 0.559. The minimum absolute atomic E-state index is 0.0137. The number of benzene rings is 2. The summed E-state index contributed by atoms with van der Waals surface area (Å²) in [7, 11) is 0.894. The molecule has 0 aliphatic carbocycles. The summed E-state index contributed by atoms with van der Waals surface area (Å²) in [6, 6.07) is 10.9. The van der Waals surface area contributed by atoms with Crippen molar-refractivity contribution in [2.24, 2.45) is 4.74 Å². The van der Waals surface area contributed by atoms with Crippen molar-refractivity contribution >= 4 is 86.2 Å². The largest absolute Gasteiger partial charge is 0.493 e. The highest BCUT2D eigenvalue weighted by atomic mass is 32.0. The van der Waals surface area contributed by atoms with Crippen molar-refractivity contribution in [3.8, 4) is 11.5 Å². The summed E-state index contributed by atoms with van der Waals surface area (Å²) in [5.74, 6) is 0.319. The minimum Gasteiger partial charge on any atom is -0.493 e. The van der Waals surface area contributed by atoms with Gasteiger partial charge in [0.2, 0.25) is 18.2 Å². The summed E-state index contributed by atoms with van der Waals surface area (Å²) in [6.07, 6.45) is 10.0. The molecule has 458 valence electrons. The highest BCUT2D eigenvalue weighted by Crippen LogP contribution is 2.38. The second-order valence-corrected chi connectivity index (χ2v) is 23.9. The van der Waals surface area contributed by atoms with Crippen molar-refractivity contribution in [2.45, 2.75) is 168 Å². The molecule has 2 aromatic heterocycles. The first-order chi connectivity index (χ1) is 40.1. The lowest BCUT2D eigenvalue weighted by atomic mass is 10.0. The summed E-state index contributed by atoms with van der Waals surface area (Å²) in [6.45, 7) is 12.7. The van der Waals surface area contributed by atoms with E-state index in [9.17, 15) is 43.2 Å². The van der Waals surface area contributed by atoms with Gasteiger partial charge in [-0.1, -0.05) is 30.9 Å². The second-order valence-electron chi connectivity index (χ2n) is 21.6. The van der Waals surface area contributed by atoms with Crippen LogP contribution in [0.4, 0.5) is 4.79 Å². The SMILES string of the molecule is CC(=O)Cc1cc(=O)oc2cc(OCCCO)ccc12.CC(=O)Cc1cc(=O)oc2cc(OCCCOC(=O)C3CCCN3C(=O)[C@H](CCCCNC(=O)OC(C)(C)C)N=[P+](P)OC=N)ccc12.CCCCC[C@@H]1NC(=O)C2CCCN2C1=O. The summed E-state index contributed by atoms with van der Waals surface area (Å²) in [5.41, 5.74) is 0.324. The lowest BCUT2D eigenvalue weighted by molar-refractivity contribution is -0.154. The number of carbonyl (C=O) groups is 7. The van der Waals surface area contributed by atoms with E-state index in [1.165, 1.54) is 30.9 Å². The standard InChI is InChI=1S/C32H44N4O10P2.C15H16O5.C12H20N2O2/c1-21(37)17-22-18-28(38)45-27-19-23(11-12-24(22)27)42-15-8-16-43-30(40)26-10-7-14-36(26)29(39)25(35-48(47)44-20-33)9-5-6-13-34-31(41)46-32(2,3)4;1-10(17)7-11-8-15(18)20-14-9-12(3-4-13(11)14)19-6-2-5-16;1-2-3-4-6-9-12(16)14-8-5-7-10(14)11(15)13-9/h11-12,18-20,25-26,33H,5-10,13-17,47H2,1-4H3;3-4,8-9,16H,2,5-7H2,1H3;9-10H,2-8H2,1H3,(H,13,15)/p+1/t25-,26?;;9-,10?/m0.0/s1. The molecule has 3 aliphatic heterocycles. The third kappa shape index (κ3) is 21.8. The number of unbranched alkanes of at least 4 members (excludes halogenated alkanes) is 3. The number of ether oxygens (including phenoxy) is 4. The zero-order valence-corrected chi connectivity index (χ0v) is 51.0. The van der Waals surface area contributed by atoms with E-state index in [-0.39, 0.29) is 74.0 Å². The Kier molecular flexibility index (Phi) is 27.4. The van der Waals surface area contributed by atoms with E-state index >= 15 is 0 Å². The van der Waals surface area contributed by atoms with Gasteiger partial charge in [-0.2, -0.15) is 0 Å². The number of likely N-dealkylation sites (tertiary alicyclic amines) is 1. The number of hydrogen-bond acceptors (Lipinski definition) is 19. The van der Waals surface area contributed by atoms with Crippen LogP contribution in [0.3, 0.4) is 0 Å². The quantitative estimate of drug-likeness (QED) is 0.0110. The lowest BCUT2D eigenvalue weighted by Gasteiger charge is -2.34.